The van der Waals surface area contributed by atoms with Gasteiger partial charge in [0.2, 0.25) is 5.43 Å². The van der Waals surface area contributed by atoms with Gasteiger partial charge in [0.15, 0.2) is 0 Å². The van der Waals surface area contributed by atoms with Gasteiger partial charge in [-0.25, -0.2) is 9.82 Å². The molecule has 0 bridgehead atoms. The van der Waals surface area contributed by atoms with Crippen molar-refractivity contribution in [2.45, 2.75) is 0 Å². The molecule has 0 atom stereocenters. The zero-order valence-electron chi connectivity index (χ0n) is 13.2. The van der Waals surface area contributed by atoms with Gasteiger partial charge < -0.3 is 9.72 Å². The summed E-state index contributed by atoms with van der Waals surface area (Å²) < 4.78 is 18.7. The van der Waals surface area contributed by atoms with Crippen LogP contribution in [0.3, 0.4) is 0 Å². The number of aromatic nitrogens is 1. The van der Waals surface area contributed by atoms with E-state index in [1.54, 1.807) is 31.4 Å². The van der Waals surface area contributed by atoms with Gasteiger partial charge in [0.25, 0.3) is 5.91 Å². The van der Waals surface area contributed by atoms with Crippen molar-refractivity contribution in [3.63, 3.8) is 0 Å². The summed E-state index contributed by atoms with van der Waals surface area (Å²) in [7, 11) is 1.55. The molecule has 1 amide bonds. The molecule has 6 nitrogen and oxygen atoms in total. The van der Waals surface area contributed by atoms with E-state index in [9.17, 15) is 14.0 Å². The molecular weight excluding hydrogens is 325 g/mol. The van der Waals surface area contributed by atoms with Crippen LogP contribution in [0.4, 0.5) is 4.39 Å². The Hall–Kier alpha value is -3.48. The molecule has 0 unspecified atom stereocenters. The lowest BCUT2D eigenvalue weighted by atomic mass is 10.1. The first-order valence-corrected chi connectivity index (χ1v) is 7.37. The maximum absolute atomic E-state index is 13.6. The van der Waals surface area contributed by atoms with Crippen LogP contribution in [0.1, 0.15) is 15.9 Å². The van der Waals surface area contributed by atoms with Gasteiger partial charge in [0, 0.05) is 11.6 Å². The number of ether oxygens (including phenoxy) is 1. The minimum Gasteiger partial charge on any atom is -0.497 e. The van der Waals surface area contributed by atoms with Crippen LogP contribution in [-0.2, 0) is 0 Å². The molecule has 0 spiro atoms. The molecule has 0 aliphatic heterocycles. The lowest BCUT2D eigenvalue weighted by Crippen LogP contribution is -2.25. The molecule has 25 heavy (non-hydrogen) atoms. The third-order valence-corrected chi connectivity index (χ3v) is 3.58. The number of nitrogens with zero attached hydrogens (tertiary/aromatic N) is 1. The van der Waals surface area contributed by atoms with Gasteiger partial charge in [-0.3, -0.25) is 9.59 Å². The number of para-hydroxylation sites is 1. The monoisotopic (exact) mass is 339 g/mol. The Morgan fingerprint density at radius 1 is 1.28 bits per heavy atom. The highest BCUT2D eigenvalue weighted by Crippen LogP contribution is 2.12. The first kappa shape index (κ1) is 16.4. The van der Waals surface area contributed by atoms with Gasteiger partial charge in [-0.1, -0.05) is 18.2 Å². The minimum atomic E-state index is -0.688. The second kappa shape index (κ2) is 6.96. The predicted octanol–water partition coefficient (Wildman–Crippen LogP) is 2.44. The van der Waals surface area contributed by atoms with Crippen LogP contribution in [0.25, 0.3) is 10.9 Å². The molecular formula is C18H14FN3O3. The molecule has 0 radical (unpaired) electrons. The number of aromatic amines is 1. The van der Waals surface area contributed by atoms with E-state index in [2.05, 4.69) is 15.5 Å². The highest BCUT2D eigenvalue weighted by molar-refractivity contribution is 5.97. The standard InChI is InChI=1S/C18H14FN3O3/c1-25-12-5-2-4-11(8-12)9-21-22-18(24)14-10-20-16-13(17(14)23)6-3-7-15(16)19/h2-10H,1H3,(H,20,23)(H,22,24)/b21-9+. The van der Waals surface area contributed by atoms with Crippen LogP contribution in [0, 0.1) is 5.82 Å². The number of nitrogens with one attached hydrogen (secondary N) is 2. The van der Waals surface area contributed by atoms with E-state index in [4.69, 9.17) is 4.74 Å². The summed E-state index contributed by atoms with van der Waals surface area (Å²) >= 11 is 0. The molecule has 0 saturated heterocycles. The molecule has 3 rings (SSSR count). The number of pyridine rings is 1. The quantitative estimate of drug-likeness (QED) is 0.566. The zero-order valence-corrected chi connectivity index (χ0v) is 13.2. The SMILES string of the molecule is COc1cccc(/C=N/NC(=O)c2c[nH]c3c(F)cccc3c2=O)c1. The molecule has 2 aromatic carbocycles. The summed E-state index contributed by atoms with van der Waals surface area (Å²) in [5.41, 5.74) is 2.34. The van der Waals surface area contributed by atoms with E-state index in [1.165, 1.54) is 30.6 Å². The number of hydrazone groups is 1. The Morgan fingerprint density at radius 3 is 2.88 bits per heavy atom. The van der Waals surface area contributed by atoms with Crippen LogP contribution in [0.2, 0.25) is 0 Å². The van der Waals surface area contributed by atoms with Gasteiger partial charge in [-0.05, 0) is 29.8 Å². The Labute approximate surface area is 142 Å². The second-order valence-electron chi connectivity index (χ2n) is 5.17. The third kappa shape index (κ3) is 3.40. The molecule has 0 saturated carbocycles. The highest BCUT2D eigenvalue weighted by Gasteiger charge is 2.13. The molecule has 0 aliphatic carbocycles. The number of rotatable bonds is 4. The van der Waals surface area contributed by atoms with Crippen molar-refractivity contribution in [2.24, 2.45) is 5.10 Å². The second-order valence-corrected chi connectivity index (χ2v) is 5.17. The van der Waals surface area contributed by atoms with Crippen LogP contribution in [0.15, 0.2) is 58.6 Å². The molecule has 2 N–H and O–H groups in total. The summed E-state index contributed by atoms with van der Waals surface area (Å²) in [5.74, 6) is -0.590. The molecule has 1 aromatic heterocycles. The van der Waals surface area contributed by atoms with Crippen LogP contribution in [0.5, 0.6) is 5.75 Å². The van der Waals surface area contributed by atoms with Crippen LogP contribution >= 0.6 is 0 Å². The first-order chi connectivity index (χ1) is 12.1. The third-order valence-electron chi connectivity index (χ3n) is 3.58. The van der Waals surface area contributed by atoms with Crippen molar-refractivity contribution < 1.29 is 13.9 Å². The Morgan fingerprint density at radius 2 is 2.08 bits per heavy atom. The maximum Gasteiger partial charge on any atom is 0.276 e. The maximum atomic E-state index is 13.6. The van der Waals surface area contributed by atoms with Gasteiger partial charge in [0.1, 0.15) is 17.1 Å². The Balaban J connectivity index is 1.82. The molecule has 7 heteroatoms. The van der Waals surface area contributed by atoms with Gasteiger partial charge in [-0.2, -0.15) is 5.10 Å². The van der Waals surface area contributed by atoms with Gasteiger partial charge in [-0.15, -0.1) is 0 Å². The Bertz CT molecular complexity index is 1030. The van der Waals surface area contributed by atoms with Crippen molar-refractivity contribution >= 4 is 23.0 Å². The summed E-state index contributed by atoms with van der Waals surface area (Å²) in [6.45, 7) is 0. The van der Waals surface area contributed by atoms with E-state index < -0.39 is 17.2 Å². The molecule has 126 valence electrons. The van der Waals surface area contributed by atoms with Crippen molar-refractivity contribution in [1.82, 2.24) is 10.4 Å². The van der Waals surface area contributed by atoms with E-state index in [0.717, 1.165) is 0 Å². The number of hydrogen-bond acceptors (Lipinski definition) is 4. The predicted molar refractivity (Wildman–Crippen MR) is 92.6 cm³/mol. The number of carbonyl (C=O) groups is 1. The molecule has 0 aliphatic rings. The number of benzene rings is 2. The van der Waals surface area contributed by atoms with Crippen molar-refractivity contribution in [1.29, 1.82) is 0 Å². The number of methoxy groups -OCH3 is 1. The fraction of sp³-hybridized carbons (Fsp3) is 0.0556. The van der Waals surface area contributed by atoms with Crippen LogP contribution < -0.4 is 15.6 Å². The van der Waals surface area contributed by atoms with E-state index in [1.807, 2.05) is 0 Å². The van der Waals surface area contributed by atoms with Crippen molar-refractivity contribution in [3.8, 4) is 5.75 Å². The first-order valence-electron chi connectivity index (χ1n) is 7.37. The fourth-order valence-corrected chi connectivity index (χ4v) is 2.33. The van der Waals surface area contributed by atoms with Crippen molar-refractivity contribution in [3.05, 3.63) is 75.8 Å². The molecule has 0 fully saturated rings. The molecule has 3 aromatic rings. The van der Waals surface area contributed by atoms with Gasteiger partial charge in [0.05, 0.1) is 18.8 Å². The number of halogens is 1. The lowest BCUT2D eigenvalue weighted by Gasteiger charge is -2.03. The normalized spacial score (nSPS) is 11.0. The topological polar surface area (TPSA) is 83.5 Å². The zero-order chi connectivity index (χ0) is 17.8. The smallest absolute Gasteiger partial charge is 0.276 e. The van der Waals surface area contributed by atoms with Crippen molar-refractivity contribution in [2.75, 3.05) is 7.11 Å². The summed E-state index contributed by atoms with van der Waals surface area (Å²) in [4.78, 5) is 27.1. The number of H-pyrrole nitrogens is 1. The van der Waals surface area contributed by atoms with E-state index in [0.29, 0.717) is 11.3 Å². The Kier molecular flexibility index (Phi) is 4.56. The number of carbonyl (C=O) groups excluding carboxylic acids is 1. The minimum absolute atomic E-state index is 0.0592. The average molecular weight is 339 g/mol. The van der Waals surface area contributed by atoms with Crippen LogP contribution in [-0.4, -0.2) is 24.2 Å². The summed E-state index contributed by atoms with van der Waals surface area (Å²) in [5, 5.41) is 3.93. The lowest BCUT2D eigenvalue weighted by molar-refractivity contribution is 0.0954. The summed E-state index contributed by atoms with van der Waals surface area (Å²) in [6.07, 6.45) is 2.60. The van der Waals surface area contributed by atoms with Gasteiger partial charge >= 0.3 is 0 Å². The molecule has 1 heterocycles. The van der Waals surface area contributed by atoms with E-state index >= 15 is 0 Å². The summed E-state index contributed by atoms with van der Waals surface area (Å²) in [6, 6.07) is 11.2. The average Bonchev–Trinajstić information content (AvgIpc) is 2.63. The van der Waals surface area contributed by atoms with E-state index in [-0.39, 0.29) is 16.5 Å². The largest absolute Gasteiger partial charge is 0.497 e. The number of amides is 1. The fourth-order valence-electron chi connectivity index (χ4n) is 2.33. The highest BCUT2D eigenvalue weighted by atomic mass is 19.1. The number of hydrogen-bond donors (Lipinski definition) is 2. The number of fused-ring (bicyclic) bond motifs is 1.